The van der Waals surface area contributed by atoms with Crippen LogP contribution in [0.1, 0.15) is 38.3 Å². The number of Topliss-reactive ketones (excluding diaryl/α,β-unsaturated/α-hetero) is 1. The highest BCUT2D eigenvalue weighted by molar-refractivity contribution is 6.00. The first kappa shape index (κ1) is 20.0. The number of carbonyl (C=O) groups excluding carboxylic acids is 2. The predicted octanol–water partition coefficient (Wildman–Crippen LogP) is 3.31. The first-order valence-electron chi connectivity index (χ1n) is 7.48. The van der Waals surface area contributed by atoms with E-state index >= 15 is 0 Å². The molecule has 0 saturated heterocycles. The van der Waals surface area contributed by atoms with Crippen LogP contribution in [0.25, 0.3) is 6.08 Å². The molecule has 0 aliphatic carbocycles. The van der Waals surface area contributed by atoms with Crippen molar-refractivity contribution >= 4 is 17.8 Å². The van der Waals surface area contributed by atoms with E-state index in [0.29, 0.717) is 5.56 Å². The standard InChI is InChI=1S/C18H22F2O4/c1-12-5-7-13(8-6-12)9-10-14(21)18(19,20)15(22)11-16(23)24-17(2,3)4/h5-10,14,21H,11H2,1-4H3/b10-9+. The lowest BCUT2D eigenvalue weighted by molar-refractivity contribution is -0.166. The Hall–Kier alpha value is -2.08. The Morgan fingerprint density at radius 1 is 1.21 bits per heavy atom. The average molecular weight is 340 g/mol. The molecule has 0 bridgehead atoms. The minimum Gasteiger partial charge on any atom is -0.460 e. The number of carbonyl (C=O) groups is 2. The zero-order chi connectivity index (χ0) is 18.5. The van der Waals surface area contributed by atoms with Crippen LogP contribution in [0.5, 0.6) is 0 Å². The van der Waals surface area contributed by atoms with Crippen molar-refractivity contribution in [1.82, 2.24) is 0 Å². The molecule has 1 rings (SSSR count). The van der Waals surface area contributed by atoms with Gasteiger partial charge < -0.3 is 9.84 Å². The molecule has 6 heteroatoms. The molecule has 1 aromatic carbocycles. The Morgan fingerprint density at radius 2 is 1.75 bits per heavy atom. The summed E-state index contributed by atoms with van der Waals surface area (Å²) in [6, 6.07) is 6.97. The molecule has 1 unspecified atom stereocenters. The molecule has 0 saturated carbocycles. The van der Waals surface area contributed by atoms with Crippen molar-refractivity contribution in [3.63, 3.8) is 0 Å². The first-order valence-corrected chi connectivity index (χ1v) is 7.48. The molecule has 24 heavy (non-hydrogen) atoms. The molecule has 0 aliphatic heterocycles. The van der Waals surface area contributed by atoms with Gasteiger partial charge in [0.1, 0.15) is 18.1 Å². The number of benzene rings is 1. The number of halogens is 2. The van der Waals surface area contributed by atoms with Crippen LogP contribution < -0.4 is 0 Å². The van der Waals surface area contributed by atoms with Gasteiger partial charge in [0.15, 0.2) is 0 Å². The number of rotatable bonds is 6. The van der Waals surface area contributed by atoms with Gasteiger partial charge in [-0.3, -0.25) is 9.59 Å². The van der Waals surface area contributed by atoms with Crippen LogP contribution in [-0.4, -0.2) is 34.5 Å². The van der Waals surface area contributed by atoms with Gasteiger partial charge >= 0.3 is 11.9 Å². The second-order valence-corrected chi connectivity index (χ2v) is 6.52. The van der Waals surface area contributed by atoms with E-state index in [0.717, 1.165) is 11.6 Å². The van der Waals surface area contributed by atoms with Crippen LogP contribution in [0.15, 0.2) is 30.3 Å². The van der Waals surface area contributed by atoms with E-state index in [2.05, 4.69) is 0 Å². The number of aliphatic hydroxyl groups excluding tert-OH is 1. The molecule has 0 radical (unpaired) electrons. The quantitative estimate of drug-likeness (QED) is 0.637. The van der Waals surface area contributed by atoms with Crippen molar-refractivity contribution in [2.45, 2.75) is 51.7 Å². The maximum atomic E-state index is 13.9. The van der Waals surface area contributed by atoms with Crippen LogP contribution in [0.3, 0.4) is 0 Å². The fourth-order valence-electron chi connectivity index (χ4n) is 1.79. The van der Waals surface area contributed by atoms with Crippen molar-refractivity contribution in [3.05, 3.63) is 41.5 Å². The third-order valence-electron chi connectivity index (χ3n) is 3.02. The van der Waals surface area contributed by atoms with Gasteiger partial charge in [0.05, 0.1) is 0 Å². The van der Waals surface area contributed by atoms with Gasteiger partial charge in [0.25, 0.3) is 0 Å². The third kappa shape index (κ3) is 6.20. The topological polar surface area (TPSA) is 63.6 Å². The Morgan fingerprint density at radius 3 is 2.25 bits per heavy atom. The molecule has 1 aromatic rings. The highest BCUT2D eigenvalue weighted by atomic mass is 19.3. The van der Waals surface area contributed by atoms with Crippen molar-refractivity contribution in [2.24, 2.45) is 0 Å². The summed E-state index contributed by atoms with van der Waals surface area (Å²) in [6.45, 7) is 6.57. The van der Waals surface area contributed by atoms with E-state index in [9.17, 15) is 23.5 Å². The van der Waals surface area contributed by atoms with Crippen LogP contribution in [0.2, 0.25) is 0 Å². The normalized spacial score (nSPS) is 13.8. The van der Waals surface area contributed by atoms with Gasteiger partial charge in [-0.2, -0.15) is 8.78 Å². The number of hydrogen-bond acceptors (Lipinski definition) is 4. The number of ketones is 1. The molecule has 0 aliphatic rings. The molecule has 1 N–H and O–H groups in total. The predicted molar refractivity (Wildman–Crippen MR) is 86.6 cm³/mol. The highest BCUT2D eigenvalue weighted by Gasteiger charge is 2.46. The SMILES string of the molecule is Cc1ccc(/C=C/C(O)C(F)(F)C(=O)CC(=O)OC(C)(C)C)cc1. The second-order valence-electron chi connectivity index (χ2n) is 6.52. The van der Waals surface area contributed by atoms with Crippen LogP contribution in [-0.2, 0) is 14.3 Å². The fraction of sp³-hybridized carbons (Fsp3) is 0.444. The molecule has 0 heterocycles. The van der Waals surface area contributed by atoms with E-state index in [1.54, 1.807) is 45.0 Å². The van der Waals surface area contributed by atoms with E-state index in [-0.39, 0.29) is 0 Å². The van der Waals surface area contributed by atoms with Gasteiger partial charge in [-0.05, 0) is 39.3 Å². The average Bonchev–Trinajstić information content (AvgIpc) is 2.44. The maximum absolute atomic E-state index is 13.9. The summed E-state index contributed by atoms with van der Waals surface area (Å²) in [5, 5.41) is 9.60. The Labute approximate surface area is 140 Å². The number of hydrogen-bond donors (Lipinski definition) is 1. The maximum Gasteiger partial charge on any atom is 0.334 e. The van der Waals surface area contributed by atoms with Gasteiger partial charge in [0, 0.05) is 0 Å². The monoisotopic (exact) mass is 340 g/mol. The second kappa shape index (κ2) is 7.66. The molecule has 0 amide bonds. The lowest BCUT2D eigenvalue weighted by atomic mass is 10.0. The Kier molecular flexibility index (Phi) is 6.37. The van der Waals surface area contributed by atoms with Crippen LogP contribution in [0.4, 0.5) is 8.78 Å². The van der Waals surface area contributed by atoms with Gasteiger partial charge in [0.2, 0.25) is 5.78 Å². The number of ether oxygens (including phenoxy) is 1. The van der Waals surface area contributed by atoms with E-state index in [4.69, 9.17) is 4.74 Å². The summed E-state index contributed by atoms with van der Waals surface area (Å²) in [7, 11) is 0. The van der Waals surface area contributed by atoms with Crippen LogP contribution >= 0.6 is 0 Å². The van der Waals surface area contributed by atoms with E-state index in [1.165, 1.54) is 6.08 Å². The molecular weight excluding hydrogens is 318 g/mol. The van der Waals surface area contributed by atoms with Crippen LogP contribution in [0, 0.1) is 6.92 Å². The minimum absolute atomic E-state index is 0.607. The number of aliphatic hydroxyl groups is 1. The lowest BCUT2D eigenvalue weighted by Gasteiger charge is -2.21. The third-order valence-corrected chi connectivity index (χ3v) is 3.02. The molecule has 0 aromatic heterocycles. The number of aryl methyl sites for hydroxylation is 1. The van der Waals surface area contributed by atoms with Gasteiger partial charge in [-0.15, -0.1) is 0 Å². The smallest absolute Gasteiger partial charge is 0.334 e. The Bertz CT molecular complexity index is 613. The van der Waals surface area contributed by atoms with Crippen molar-refractivity contribution in [2.75, 3.05) is 0 Å². The summed E-state index contributed by atoms with van der Waals surface area (Å²) >= 11 is 0. The van der Waals surface area contributed by atoms with Gasteiger partial charge in [-0.25, -0.2) is 0 Å². The summed E-state index contributed by atoms with van der Waals surface area (Å²) in [5.74, 6) is -6.81. The summed E-state index contributed by atoms with van der Waals surface area (Å²) in [4.78, 5) is 23.1. The zero-order valence-corrected chi connectivity index (χ0v) is 14.2. The molecule has 0 fully saturated rings. The van der Waals surface area contributed by atoms with Gasteiger partial charge in [-0.1, -0.05) is 35.9 Å². The molecule has 0 spiro atoms. The first-order chi connectivity index (χ1) is 10.9. The fourth-order valence-corrected chi connectivity index (χ4v) is 1.79. The molecular formula is C18H22F2O4. The highest BCUT2D eigenvalue weighted by Crippen LogP contribution is 2.24. The summed E-state index contributed by atoms with van der Waals surface area (Å²) in [6.07, 6.45) is -1.30. The molecule has 4 nitrogen and oxygen atoms in total. The largest absolute Gasteiger partial charge is 0.460 e. The number of esters is 1. The zero-order valence-electron chi connectivity index (χ0n) is 14.2. The molecule has 1 atom stereocenters. The number of alkyl halides is 2. The lowest BCUT2D eigenvalue weighted by Crippen LogP contribution is -2.42. The summed E-state index contributed by atoms with van der Waals surface area (Å²) < 4.78 is 32.7. The molecule has 132 valence electrons. The minimum atomic E-state index is -4.07. The van der Waals surface area contributed by atoms with E-state index < -0.39 is 35.8 Å². The van der Waals surface area contributed by atoms with Crippen molar-refractivity contribution < 1.29 is 28.2 Å². The van der Waals surface area contributed by atoms with Crippen molar-refractivity contribution in [1.29, 1.82) is 0 Å². The van der Waals surface area contributed by atoms with Crippen molar-refractivity contribution in [3.8, 4) is 0 Å². The Balaban J connectivity index is 2.73. The summed E-state index contributed by atoms with van der Waals surface area (Å²) in [5.41, 5.74) is 0.733. The van der Waals surface area contributed by atoms with E-state index in [1.807, 2.05) is 6.92 Å².